The summed E-state index contributed by atoms with van der Waals surface area (Å²) in [6.07, 6.45) is 0. The molecule has 0 aliphatic heterocycles. The molecule has 0 aromatic heterocycles. The van der Waals surface area contributed by atoms with Gasteiger partial charge in [-0.3, -0.25) is 9.10 Å². The molecular weight excluding hydrogens is 519 g/mol. The van der Waals surface area contributed by atoms with Crippen molar-refractivity contribution in [1.82, 2.24) is 0 Å². The van der Waals surface area contributed by atoms with Crippen molar-refractivity contribution in [3.8, 4) is 5.75 Å². The Labute approximate surface area is 220 Å². The van der Waals surface area contributed by atoms with Gasteiger partial charge in [-0.2, -0.15) is 0 Å². The largest absolute Gasteiger partial charge is 0.489 e. The fourth-order valence-corrected chi connectivity index (χ4v) is 5.31. The van der Waals surface area contributed by atoms with E-state index in [2.05, 4.69) is 5.32 Å². The third-order valence-electron chi connectivity index (χ3n) is 5.20. The lowest BCUT2D eigenvalue weighted by molar-refractivity contribution is -0.114. The molecule has 0 spiro atoms. The van der Waals surface area contributed by atoms with Crippen LogP contribution in [0.5, 0.6) is 5.75 Å². The zero-order valence-electron chi connectivity index (χ0n) is 19.0. The standard InChI is InChI=1S/C27H22Cl2N2O4S/c28-24-12-7-13-25(27(24)29)31(36(33,34)23-10-5-2-6-11-23)18-26(32)30-21-14-16-22(17-15-21)35-19-20-8-3-1-4-9-20/h1-17H,18-19H2,(H,30,32). The average Bonchev–Trinajstić information content (AvgIpc) is 2.90. The summed E-state index contributed by atoms with van der Waals surface area (Å²) in [5.41, 5.74) is 1.63. The number of sulfonamides is 1. The van der Waals surface area contributed by atoms with E-state index in [1.54, 1.807) is 54.6 Å². The molecule has 0 aliphatic carbocycles. The van der Waals surface area contributed by atoms with Gasteiger partial charge in [-0.25, -0.2) is 8.42 Å². The maximum absolute atomic E-state index is 13.4. The first-order valence-electron chi connectivity index (χ1n) is 10.9. The minimum Gasteiger partial charge on any atom is -0.489 e. The first kappa shape index (κ1) is 25.6. The van der Waals surface area contributed by atoms with E-state index in [0.29, 0.717) is 18.0 Å². The van der Waals surface area contributed by atoms with E-state index in [9.17, 15) is 13.2 Å². The van der Waals surface area contributed by atoms with Crippen LogP contribution >= 0.6 is 23.2 Å². The molecule has 0 fully saturated rings. The van der Waals surface area contributed by atoms with Crippen molar-refractivity contribution in [2.24, 2.45) is 0 Å². The molecule has 0 heterocycles. The van der Waals surface area contributed by atoms with Gasteiger partial charge in [0.15, 0.2) is 0 Å². The first-order chi connectivity index (χ1) is 17.3. The monoisotopic (exact) mass is 540 g/mol. The summed E-state index contributed by atoms with van der Waals surface area (Å²) in [7, 11) is -4.11. The Hall–Kier alpha value is -3.52. The Morgan fingerprint density at radius 3 is 2.11 bits per heavy atom. The summed E-state index contributed by atoms with van der Waals surface area (Å²) in [6, 6.07) is 29.0. The van der Waals surface area contributed by atoms with Crippen LogP contribution in [0.15, 0.2) is 108 Å². The maximum Gasteiger partial charge on any atom is 0.264 e. The predicted octanol–water partition coefficient (Wildman–Crippen LogP) is 6.41. The number of hydrogen-bond acceptors (Lipinski definition) is 4. The Bertz CT molecular complexity index is 1430. The van der Waals surface area contributed by atoms with Gasteiger partial charge in [-0.05, 0) is 54.1 Å². The van der Waals surface area contributed by atoms with Crippen LogP contribution in [0.2, 0.25) is 10.0 Å². The number of halogens is 2. The van der Waals surface area contributed by atoms with Crippen LogP contribution in [0.1, 0.15) is 5.56 Å². The molecule has 0 saturated heterocycles. The highest BCUT2D eigenvalue weighted by Gasteiger charge is 2.29. The van der Waals surface area contributed by atoms with Crippen molar-refractivity contribution in [1.29, 1.82) is 0 Å². The van der Waals surface area contributed by atoms with Crippen molar-refractivity contribution >= 4 is 50.5 Å². The van der Waals surface area contributed by atoms with Gasteiger partial charge in [0.1, 0.15) is 18.9 Å². The zero-order valence-corrected chi connectivity index (χ0v) is 21.3. The van der Waals surface area contributed by atoms with E-state index < -0.39 is 22.5 Å². The number of rotatable bonds is 9. The van der Waals surface area contributed by atoms with Gasteiger partial charge in [-0.1, -0.05) is 77.8 Å². The van der Waals surface area contributed by atoms with Crippen LogP contribution in [0, 0.1) is 0 Å². The van der Waals surface area contributed by atoms with Crippen LogP contribution in [-0.2, 0) is 21.4 Å². The van der Waals surface area contributed by atoms with E-state index in [-0.39, 0.29) is 20.6 Å². The molecule has 4 aromatic rings. The lowest BCUT2D eigenvalue weighted by Crippen LogP contribution is -2.38. The number of nitrogens with one attached hydrogen (secondary N) is 1. The highest BCUT2D eigenvalue weighted by Crippen LogP contribution is 2.35. The molecule has 6 nitrogen and oxygen atoms in total. The summed E-state index contributed by atoms with van der Waals surface area (Å²) in [5.74, 6) is 0.0827. The summed E-state index contributed by atoms with van der Waals surface area (Å²) in [6.45, 7) is -0.0945. The van der Waals surface area contributed by atoms with Crippen molar-refractivity contribution in [2.45, 2.75) is 11.5 Å². The topological polar surface area (TPSA) is 75.7 Å². The van der Waals surface area contributed by atoms with Gasteiger partial charge in [-0.15, -0.1) is 0 Å². The fourth-order valence-electron chi connectivity index (χ4n) is 3.41. The number of nitrogens with zero attached hydrogens (tertiary/aromatic N) is 1. The van der Waals surface area contributed by atoms with Crippen molar-refractivity contribution in [3.63, 3.8) is 0 Å². The number of anilines is 2. The van der Waals surface area contributed by atoms with E-state index in [4.69, 9.17) is 27.9 Å². The number of ether oxygens (including phenoxy) is 1. The Morgan fingerprint density at radius 1 is 0.806 bits per heavy atom. The fraction of sp³-hybridized carbons (Fsp3) is 0.0741. The number of carbonyl (C=O) groups excluding carboxylic acids is 1. The second-order valence-electron chi connectivity index (χ2n) is 7.74. The van der Waals surface area contributed by atoms with Gasteiger partial charge in [0.2, 0.25) is 5.91 Å². The minimum absolute atomic E-state index is 0.0220. The Morgan fingerprint density at radius 2 is 1.44 bits per heavy atom. The van der Waals surface area contributed by atoms with Gasteiger partial charge in [0.05, 0.1) is 20.6 Å². The van der Waals surface area contributed by atoms with Crippen LogP contribution in [0.4, 0.5) is 11.4 Å². The SMILES string of the molecule is O=C(CN(c1cccc(Cl)c1Cl)S(=O)(=O)c1ccccc1)Nc1ccc(OCc2ccccc2)cc1. The lowest BCUT2D eigenvalue weighted by atomic mass is 10.2. The molecular formula is C27H22Cl2N2O4S. The molecule has 36 heavy (non-hydrogen) atoms. The molecule has 0 radical (unpaired) electrons. The van der Waals surface area contributed by atoms with Crippen LogP contribution < -0.4 is 14.4 Å². The first-order valence-corrected chi connectivity index (χ1v) is 13.1. The zero-order chi connectivity index (χ0) is 25.5. The predicted molar refractivity (Wildman–Crippen MR) is 143 cm³/mol. The van der Waals surface area contributed by atoms with E-state index in [1.807, 2.05) is 30.3 Å². The van der Waals surface area contributed by atoms with Crippen LogP contribution in [0.3, 0.4) is 0 Å². The smallest absolute Gasteiger partial charge is 0.264 e. The number of hydrogen-bond donors (Lipinski definition) is 1. The molecule has 0 saturated carbocycles. The quantitative estimate of drug-likeness (QED) is 0.266. The molecule has 184 valence electrons. The highest BCUT2D eigenvalue weighted by atomic mass is 35.5. The molecule has 4 rings (SSSR count). The number of amides is 1. The minimum atomic E-state index is -4.11. The highest BCUT2D eigenvalue weighted by molar-refractivity contribution is 7.92. The molecule has 0 unspecified atom stereocenters. The van der Waals surface area contributed by atoms with E-state index in [1.165, 1.54) is 18.2 Å². The molecule has 1 N–H and O–H groups in total. The number of carbonyl (C=O) groups is 1. The molecule has 0 atom stereocenters. The third kappa shape index (κ3) is 6.18. The van der Waals surface area contributed by atoms with Gasteiger partial charge < -0.3 is 10.1 Å². The van der Waals surface area contributed by atoms with Crippen molar-refractivity contribution in [3.05, 3.63) is 119 Å². The molecule has 9 heteroatoms. The molecule has 1 amide bonds. The lowest BCUT2D eigenvalue weighted by Gasteiger charge is -2.25. The summed E-state index contributed by atoms with van der Waals surface area (Å²) in [4.78, 5) is 13.0. The maximum atomic E-state index is 13.4. The van der Waals surface area contributed by atoms with Gasteiger partial charge in [0, 0.05) is 5.69 Å². The van der Waals surface area contributed by atoms with Crippen LogP contribution in [0.25, 0.3) is 0 Å². The summed E-state index contributed by atoms with van der Waals surface area (Å²) in [5, 5.41) is 2.93. The van der Waals surface area contributed by atoms with Crippen LogP contribution in [-0.4, -0.2) is 20.9 Å². The van der Waals surface area contributed by atoms with Gasteiger partial charge >= 0.3 is 0 Å². The third-order valence-corrected chi connectivity index (χ3v) is 7.79. The second kappa shape index (κ2) is 11.5. The molecule has 0 aliphatic rings. The molecule has 0 bridgehead atoms. The Balaban J connectivity index is 1.50. The van der Waals surface area contributed by atoms with E-state index in [0.717, 1.165) is 9.87 Å². The molecule has 4 aromatic carbocycles. The summed E-state index contributed by atoms with van der Waals surface area (Å²) >= 11 is 12.5. The average molecular weight is 541 g/mol. The van der Waals surface area contributed by atoms with Gasteiger partial charge in [0.25, 0.3) is 10.0 Å². The summed E-state index contributed by atoms with van der Waals surface area (Å²) < 4.78 is 33.6. The normalized spacial score (nSPS) is 11.1. The van der Waals surface area contributed by atoms with E-state index >= 15 is 0 Å². The van der Waals surface area contributed by atoms with Crippen molar-refractivity contribution in [2.75, 3.05) is 16.2 Å². The Kier molecular flexibility index (Phi) is 8.15. The second-order valence-corrected chi connectivity index (χ2v) is 10.4. The number of benzene rings is 4. The van der Waals surface area contributed by atoms with Crippen molar-refractivity contribution < 1.29 is 17.9 Å².